The molecule has 1 aromatic heterocycles. The third kappa shape index (κ3) is 3.48. The number of aromatic nitrogens is 2. The summed E-state index contributed by atoms with van der Waals surface area (Å²) in [6, 6.07) is 10.7. The molecule has 0 saturated heterocycles. The minimum Gasteiger partial charge on any atom is -0.327 e. The van der Waals surface area contributed by atoms with E-state index in [2.05, 4.69) is 73.0 Å². The first-order valence-electron chi connectivity index (χ1n) is 7.37. The Morgan fingerprint density at radius 3 is 2.60 bits per heavy atom. The van der Waals surface area contributed by atoms with E-state index >= 15 is 0 Å². The van der Waals surface area contributed by atoms with E-state index in [0.29, 0.717) is 6.04 Å². The van der Waals surface area contributed by atoms with E-state index in [1.807, 2.05) is 12.3 Å². The third-order valence-electron chi connectivity index (χ3n) is 3.94. The van der Waals surface area contributed by atoms with Crippen LogP contribution in [0.15, 0.2) is 42.7 Å². The van der Waals surface area contributed by atoms with Crippen molar-refractivity contribution in [1.82, 2.24) is 14.9 Å². The fourth-order valence-electron chi connectivity index (χ4n) is 2.13. The zero-order valence-corrected chi connectivity index (χ0v) is 12.9. The van der Waals surface area contributed by atoms with Crippen molar-refractivity contribution in [3.63, 3.8) is 0 Å². The summed E-state index contributed by atoms with van der Waals surface area (Å²) in [5.74, 6) is 1.04. The van der Waals surface area contributed by atoms with Crippen molar-refractivity contribution in [3.05, 3.63) is 42.7 Å². The van der Waals surface area contributed by atoms with E-state index in [-0.39, 0.29) is 5.54 Å². The van der Waals surface area contributed by atoms with Gasteiger partial charge in [-0.15, -0.1) is 0 Å². The Balaban J connectivity index is 2.12. The van der Waals surface area contributed by atoms with Gasteiger partial charge in [0.15, 0.2) is 0 Å². The number of benzene rings is 1. The van der Waals surface area contributed by atoms with Gasteiger partial charge in [0.1, 0.15) is 5.82 Å². The van der Waals surface area contributed by atoms with Gasteiger partial charge >= 0.3 is 0 Å². The molecule has 1 heterocycles. The van der Waals surface area contributed by atoms with Gasteiger partial charge in [0.25, 0.3) is 0 Å². The zero-order valence-electron chi connectivity index (χ0n) is 12.9. The smallest absolute Gasteiger partial charge is 0.140 e. The maximum Gasteiger partial charge on any atom is 0.140 e. The highest BCUT2D eigenvalue weighted by Crippen LogP contribution is 2.21. The Morgan fingerprint density at radius 2 is 1.95 bits per heavy atom. The van der Waals surface area contributed by atoms with Crippen molar-refractivity contribution in [2.75, 3.05) is 6.54 Å². The molecule has 0 spiro atoms. The van der Waals surface area contributed by atoms with Gasteiger partial charge in [0.2, 0.25) is 0 Å². The standard InChI is InChI=1S/C17H25N3/c1-5-17(3,4)19-13-14(2)20-12-11-18-16(20)15-9-7-6-8-10-15/h6-12,14,19H,5,13H2,1-4H3. The molecule has 3 heteroatoms. The quantitative estimate of drug-likeness (QED) is 0.864. The minimum absolute atomic E-state index is 0.182. The maximum atomic E-state index is 4.51. The van der Waals surface area contributed by atoms with Crippen LogP contribution in [0.3, 0.4) is 0 Å². The largest absolute Gasteiger partial charge is 0.327 e. The first-order valence-corrected chi connectivity index (χ1v) is 7.37. The minimum atomic E-state index is 0.182. The zero-order chi connectivity index (χ0) is 14.6. The molecule has 0 aliphatic rings. The molecule has 1 atom stereocenters. The number of imidazole rings is 1. The molecule has 20 heavy (non-hydrogen) atoms. The molecule has 108 valence electrons. The Kier molecular flexibility index (Phi) is 4.61. The van der Waals surface area contributed by atoms with Crippen LogP contribution in [0.25, 0.3) is 11.4 Å². The molecular weight excluding hydrogens is 246 g/mol. The van der Waals surface area contributed by atoms with Crippen LogP contribution in [0.2, 0.25) is 0 Å². The van der Waals surface area contributed by atoms with Crippen LogP contribution >= 0.6 is 0 Å². The molecule has 0 aliphatic heterocycles. The number of rotatable bonds is 6. The van der Waals surface area contributed by atoms with Crippen LogP contribution < -0.4 is 5.32 Å². The van der Waals surface area contributed by atoms with Crippen molar-refractivity contribution >= 4 is 0 Å². The van der Waals surface area contributed by atoms with Gasteiger partial charge in [-0.3, -0.25) is 0 Å². The number of nitrogens with one attached hydrogen (secondary N) is 1. The summed E-state index contributed by atoms with van der Waals surface area (Å²) < 4.78 is 2.24. The lowest BCUT2D eigenvalue weighted by molar-refractivity contribution is 0.345. The maximum absolute atomic E-state index is 4.51. The molecule has 0 saturated carbocycles. The van der Waals surface area contributed by atoms with E-state index in [1.165, 1.54) is 5.56 Å². The Bertz CT molecular complexity index is 528. The molecule has 0 radical (unpaired) electrons. The first-order chi connectivity index (χ1) is 9.53. The average Bonchev–Trinajstić information content (AvgIpc) is 2.95. The number of hydrogen-bond donors (Lipinski definition) is 1. The third-order valence-corrected chi connectivity index (χ3v) is 3.94. The van der Waals surface area contributed by atoms with E-state index < -0.39 is 0 Å². The number of nitrogens with zero attached hydrogens (tertiary/aromatic N) is 2. The summed E-state index contributed by atoms with van der Waals surface area (Å²) in [4.78, 5) is 4.51. The second kappa shape index (κ2) is 6.23. The molecule has 1 aromatic carbocycles. The normalized spacial score (nSPS) is 13.4. The molecule has 2 rings (SSSR count). The van der Waals surface area contributed by atoms with Crippen LogP contribution in [0.4, 0.5) is 0 Å². The van der Waals surface area contributed by atoms with E-state index in [9.17, 15) is 0 Å². The summed E-state index contributed by atoms with van der Waals surface area (Å²) in [6.07, 6.45) is 5.06. The Morgan fingerprint density at radius 1 is 1.25 bits per heavy atom. The molecular formula is C17H25N3. The highest BCUT2D eigenvalue weighted by atomic mass is 15.1. The van der Waals surface area contributed by atoms with Gasteiger partial charge in [0.05, 0.1) is 0 Å². The summed E-state index contributed by atoms with van der Waals surface area (Å²) in [5.41, 5.74) is 1.35. The fourth-order valence-corrected chi connectivity index (χ4v) is 2.13. The SMILES string of the molecule is CCC(C)(C)NCC(C)n1ccnc1-c1ccccc1. The lowest BCUT2D eigenvalue weighted by atomic mass is 10.0. The van der Waals surface area contributed by atoms with E-state index in [4.69, 9.17) is 0 Å². The van der Waals surface area contributed by atoms with Gasteiger partial charge in [-0.1, -0.05) is 37.3 Å². The van der Waals surface area contributed by atoms with Gasteiger partial charge in [0, 0.05) is 36.1 Å². The van der Waals surface area contributed by atoms with Gasteiger partial charge < -0.3 is 9.88 Å². The van der Waals surface area contributed by atoms with Crippen LogP contribution in [0, 0.1) is 0 Å². The van der Waals surface area contributed by atoms with Crippen molar-refractivity contribution in [1.29, 1.82) is 0 Å². The number of hydrogen-bond acceptors (Lipinski definition) is 2. The molecule has 0 amide bonds. The molecule has 2 aromatic rings. The van der Waals surface area contributed by atoms with Gasteiger partial charge in [-0.05, 0) is 27.2 Å². The summed E-state index contributed by atoms with van der Waals surface area (Å²) in [7, 11) is 0. The Labute approximate surface area is 122 Å². The average molecular weight is 271 g/mol. The second-order valence-corrected chi connectivity index (χ2v) is 5.99. The topological polar surface area (TPSA) is 29.9 Å². The molecule has 1 unspecified atom stereocenters. The molecule has 3 nitrogen and oxygen atoms in total. The van der Waals surface area contributed by atoms with E-state index in [1.54, 1.807) is 0 Å². The lowest BCUT2D eigenvalue weighted by Gasteiger charge is -2.27. The monoisotopic (exact) mass is 271 g/mol. The Hall–Kier alpha value is -1.61. The highest BCUT2D eigenvalue weighted by molar-refractivity contribution is 5.55. The van der Waals surface area contributed by atoms with Crippen molar-refractivity contribution in [2.24, 2.45) is 0 Å². The van der Waals surface area contributed by atoms with Crippen LogP contribution in [-0.4, -0.2) is 21.6 Å². The first kappa shape index (κ1) is 14.8. The predicted molar refractivity (Wildman–Crippen MR) is 84.7 cm³/mol. The summed E-state index contributed by atoms with van der Waals surface area (Å²) >= 11 is 0. The molecule has 0 fully saturated rings. The van der Waals surface area contributed by atoms with Gasteiger partial charge in [-0.2, -0.15) is 0 Å². The van der Waals surface area contributed by atoms with Crippen LogP contribution in [0.5, 0.6) is 0 Å². The molecule has 0 aliphatic carbocycles. The van der Waals surface area contributed by atoms with Crippen molar-refractivity contribution in [3.8, 4) is 11.4 Å². The van der Waals surface area contributed by atoms with Crippen LogP contribution in [0.1, 0.15) is 40.2 Å². The lowest BCUT2D eigenvalue weighted by Crippen LogP contribution is -2.41. The fraction of sp³-hybridized carbons (Fsp3) is 0.471. The molecule has 1 N–H and O–H groups in total. The summed E-state index contributed by atoms with van der Waals surface area (Å²) in [6.45, 7) is 9.87. The van der Waals surface area contributed by atoms with E-state index in [0.717, 1.165) is 18.8 Å². The highest BCUT2D eigenvalue weighted by Gasteiger charge is 2.17. The predicted octanol–water partition coefficient (Wildman–Crippen LogP) is 3.89. The van der Waals surface area contributed by atoms with Crippen molar-refractivity contribution < 1.29 is 0 Å². The molecule has 0 bridgehead atoms. The second-order valence-electron chi connectivity index (χ2n) is 5.99. The van der Waals surface area contributed by atoms with Crippen molar-refractivity contribution in [2.45, 2.75) is 45.7 Å². The summed E-state index contributed by atoms with van der Waals surface area (Å²) in [5, 5.41) is 3.63. The van der Waals surface area contributed by atoms with Crippen LogP contribution in [-0.2, 0) is 0 Å². The van der Waals surface area contributed by atoms with Gasteiger partial charge in [-0.25, -0.2) is 4.98 Å².